The predicted molar refractivity (Wildman–Crippen MR) is 95.7 cm³/mol. The molecule has 2 N–H and O–H groups in total. The van der Waals surface area contributed by atoms with Crippen LogP contribution in [0.1, 0.15) is 42.2 Å². The molecule has 24 heavy (non-hydrogen) atoms. The van der Waals surface area contributed by atoms with E-state index in [2.05, 4.69) is 18.9 Å². The lowest BCUT2D eigenvalue weighted by molar-refractivity contribution is 0.0786. The van der Waals surface area contributed by atoms with E-state index in [-0.39, 0.29) is 11.8 Å². The summed E-state index contributed by atoms with van der Waals surface area (Å²) >= 11 is 5.97. The number of carbonyl (C=O) groups excluding carboxylic acids is 1. The van der Waals surface area contributed by atoms with Crippen LogP contribution in [-0.2, 0) is 0 Å². The van der Waals surface area contributed by atoms with Gasteiger partial charge in [0.1, 0.15) is 0 Å². The van der Waals surface area contributed by atoms with Gasteiger partial charge in [0.15, 0.2) is 0 Å². The zero-order valence-electron chi connectivity index (χ0n) is 14.1. The molecule has 5 nitrogen and oxygen atoms in total. The summed E-state index contributed by atoms with van der Waals surface area (Å²) in [6, 6.07) is 7.48. The van der Waals surface area contributed by atoms with Gasteiger partial charge in [-0.2, -0.15) is 5.10 Å². The van der Waals surface area contributed by atoms with E-state index in [1.807, 2.05) is 33.8 Å². The molecule has 1 atom stereocenters. The molecule has 0 aliphatic carbocycles. The van der Waals surface area contributed by atoms with E-state index in [9.17, 15) is 4.79 Å². The maximum Gasteiger partial charge on any atom is 0.257 e. The second-order valence-corrected chi connectivity index (χ2v) is 7.06. The van der Waals surface area contributed by atoms with Crippen molar-refractivity contribution in [2.24, 2.45) is 11.7 Å². The normalized spacial score (nSPS) is 17.7. The molecule has 1 unspecified atom stereocenters. The molecular weight excluding hydrogens is 324 g/mol. The van der Waals surface area contributed by atoms with Crippen molar-refractivity contribution < 1.29 is 4.79 Å². The quantitative estimate of drug-likeness (QED) is 0.925. The lowest BCUT2D eigenvalue weighted by atomic mass is 10.0. The number of rotatable bonds is 4. The molecule has 0 bridgehead atoms. The average molecular weight is 347 g/mol. The molecule has 1 saturated heterocycles. The number of nitrogens with zero attached hydrogens (tertiary/aromatic N) is 3. The summed E-state index contributed by atoms with van der Waals surface area (Å²) < 4.78 is 1.84. The van der Waals surface area contributed by atoms with Crippen LogP contribution in [0.4, 0.5) is 0 Å². The van der Waals surface area contributed by atoms with E-state index in [1.54, 1.807) is 6.20 Å². The van der Waals surface area contributed by atoms with Crippen LogP contribution in [0.2, 0.25) is 5.02 Å². The summed E-state index contributed by atoms with van der Waals surface area (Å²) in [6.07, 6.45) is 2.66. The molecule has 1 fully saturated rings. The van der Waals surface area contributed by atoms with Crippen LogP contribution in [0.15, 0.2) is 30.5 Å². The molecule has 2 heterocycles. The highest BCUT2D eigenvalue weighted by Gasteiger charge is 2.29. The van der Waals surface area contributed by atoms with E-state index in [0.29, 0.717) is 23.0 Å². The zero-order valence-corrected chi connectivity index (χ0v) is 14.8. The first-order valence-electron chi connectivity index (χ1n) is 8.34. The molecule has 1 aliphatic rings. The Labute approximate surface area is 147 Å². The highest BCUT2D eigenvalue weighted by atomic mass is 35.5. The number of hydrogen-bond donors (Lipinski definition) is 1. The molecule has 2 aromatic rings. The van der Waals surface area contributed by atoms with Crippen LogP contribution in [0.25, 0.3) is 5.69 Å². The van der Waals surface area contributed by atoms with Crippen molar-refractivity contribution in [1.82, 2.24) is 14.7 Å². The van der Waals surface area contributed by atoms with Crippen LogP contribution in [0, 0.1) is 5.92 Å². The minimum Gasteiger partial charge on any atom is -0.338 e. The Hall–Kier alpha value is -1.85. The highest BCUT2D eigenvalue weighted by molar-refractivity contribution is 6.30. The first-order chi connectivity index (χ1) is 11.5. The summed E-state index contributed by atoms with van der Waals surface area (Å²) in [4.78, 5) is 14.8. The number of hydrogen-bond acceptors (Lipinski definition) is 3. The van der Waals surface area contributed by atoms with Gasteiger partial charge in [-0.15, -0.1) is 0 Å². The molecule has 0 spiro atoms. The molecule has 3 rings (SSSR count). The van der Waals surface area contributed by atoms with E-state index >= 15 is 0 Å². The predicted octanol–water partition coefficient (Wildman–Crippen LogP) is 3.07. The molecule has 1 aliphatic heterocycles. The standard InChI is InChI=1S/C18H23ClN4O/c1-12(2)17-16(18(24)22-8-7-13(9-20)11-22)10-21-23(17)15-5-3-14(19)4-6-15/h3-6,10,12-13H,7-9,11,20H2,1-2H3. The van der Waals surface area contributed by atoms with Crippen molar-refractivity contribution >= 4 is 17.5 Å². The van der Waals surface area contributed by atoms with Gasteiger partial charge in [0, 0.05) is 18.1 Å². The molecule has 128 valence electrons. The minimum absolute atomic E-state index is 0.0508. The molecule has 1 aromatic heterocycles. The third kappa shape index (κ3) is 3.19. The summed E-state index contributed by atoms with van der Waals surface area (Å²) in [6.45, 7) is 6.29. The number of amides is 1. The lowest BCUT2D eigenvalue weighted by Crippen LogP contribution is -2.30. The van der Waals surface area contributed by atoms with Crippen LogP contribution in [0.5, 0.6) is 0 Å². The number of nitrogens with two attached hydrogens (primary N) is 1. The van der Waals surface area contributed by atoms with Crippen molar-refractivity contribution in [3.63, 3.8) is 0 Å². The Kier molecular flexibility index (Phi) is 4.92. The Morgan fingerprint density at radius 2 is 2.08 bits per heavy atom. The summed E-state index contributed by atoms with van der Waals surface area (Å²) in [5.74, 6) is 0.632. The van der Waals surface area contributed by atoms with Gasteiger partial charge in [-0.1, -0.05) is 25.4 Å². The van der Waals surface area contributed by atoms with Crippen molar-refractivity contribution in [2.45, 2.75) is 26.2 Å². The number of carbonyl (C=O) groups is 1. The van der Waals surface area contributed by atoms with E-state index in [1.165, 1.54) is 0 Å². The monoisotopic (exact) mass is 346 g/mol. The Morgan fingerprint density at radius 1 is 1.38 bits per heavy atom. The Bertz CT molecular complexity index is 723. The van der Waals surface area contributed by atoms with Gasteiger partial charge in [0.25, 0.3) is 5.91 Å². The third-order valence-corrected chi connectivity index (χ3v) is 4.81. The van der Waals surface area contributed by atoms with E-state index < -0.39 is 0 Å². The van der Waals surface area contributed by atoms with Crippen LogP contribution >= 0.6 is 11.6 Å². The smallest absolute Gasteiger partial charge is 0.257 e. The van der Waals surface area contributed by atoms with Crippen LogP contribution in [0.3, 0.4) is 0 Å². The van der Waals surface area contributed by atoms with Crippen LogP contribution in [-0.4, -0.2) is 40.2 Å². The summed E-state index contributed by atoms with van der Waals surface area (Å²) in [5.41, 5.74) is 8.25. The average Bonchev–Trinajstić information content (AvgIpc) is 3.22. The van der Waals surface area contributed by atoms with Crippen molar-refractivity contribution in [2.75, 3.05) is 19.6 Å². The van der Waals surface area contributed by atoms with Crippen LogP contribution < -0.4 is 5.73 Å². The van der Waals surface area contributed by atoms with Crippen molar-refractivity contribution in [1.29, 1.82) is 0 Å². The number of aromatic nitrogens is 2. The maximum absolute atomic E-state index is 12.9. The van der Waals surface area contributed by atoms with E-state index in [0.717, 1.165) is 30.9 Å². The fourth-order valence-electron chi connectivity index (χ4n) is 3.25. The number of likely N-dealkylation sites (tertiary alicyclic amines) is 1. The Morgan fingerprint density at radius 3 is 2.67 bits per heavy atom. The fourth-order valence-corrected chi connectivity index (χ4v) is 3.37. The van der Waals surface area contributed by atoms with Gasteiger partial charge >= 0.3 is 0 Å². The first kappa shape index (κ1) is 17.0. The molecule has 0 radical (unpaired) electrons. The van der Waals surface area contributed by atoms with Gasteiger partial charge in [-0.25, -0.2) is 4.68 Å². The molecular formula is C18H23ClN4O. The minimum atomic E-state index is 0.0508. The molecule has 1 aromatic carbocycles. The van der Waals surface area contributed by atoms with Gasteiger partial charge in [0.2, 0.25) is 0 Å². The van der Waals surface area contributed by atoms with Crippen molar-refractivity contribution in [3.8, 4) is 5.69 Å². The largest absolute Gasteiger partial charge is 0.338 e. The molecule has 1 amide bonds. The highest BCUT2D eigenvalue weighted by Crippen LogP contribution is 2.26. The zero-order chi connectivity index (χ0) is 17.3. The fraction of sp³-hybridized carbons (Fsp3) is 0.444. The second kappa shape index (κ2) is 6.95. The summed E-state index contributed by atoms with van der Waals surface area (Å²) in [5, 5.41) is 5.15. The third-order valence-electron chi connectivity index (χ3n) is 4.56. The number of halogens is 1. The SMILES string of the molecule is CC(C)c1c(C(=O)N2CCC(CN)C2)cnn1-c1ccc(Cl)cc1. The van der Waals surface area contributed by atoms with Crippen molar-refractivity contribution in [3.05, 3.63) is 46.7 Å². The van der Waals surface area contributed by atoms with Gasteiger partial charge in [-0.05, 0) is 49.1 Å². The topological polar surface area (TPSA) is 64.2 Å². The van der Waals surface area contributed by atoms with Gasteiger partial charge in [0.05, 0.1) is 23.1 Å². The second-order valence-electron chi connectivity index (χ2n) is 6.63. The molecule has 6 heteroatoms. The Balaban J connectivity index is 1.94. The molecule has 0 saturated carbocycles. The van der Waals surface area contributed by atoms with Gasteiger partial charge in [-0.3, -0.25) is 4.79 Å². The summed E-state index contributed by atoms with van der Waals surface area (Å²) in [7, 11) is 0. The lowest BCUT2D eigenvalue weighted by Gasteiger charge is -2.18. The number of benzene rings is 1. The first-order valence-corrected chi connectivity index (χ1v) is 8.72. The van der Waals surface area contributed by atoms with Gasteiger partial charge < -0.3 is 10.6 Å². The maximum atomic E-state index is 12.9. The van der Waals surface area contributed by atoms with E-state index in [4.69, 9.17) is 17.3 Å².